The topological polar surface area (TPSA) is 86.8 Å². The number of benzene rings is 1. The van der Waals surface area contributed by atoms with Crippen molar-refractivity contribution in [2.45, 2.75) is 91.5 Å². The third-order valence-electron chi connectivity index (χ3n) is 9.85. The van der Waals surface area contributed by atoms with E-state index in [1.807, 2.05) is 20.8 Å². The van der Waals surface area contributed by atoms with Crippen molar-refractivity contribution < 1.29 is 18.0 Å². The van der Waals surface area contributed by atoms with Gasteiger partial charge in [0, 0.05) is 37.8 Å². The number of nitrogens with zero attached hydrogens (tertiary/aromatic N) is 2. The SMILES string of the molecule is CCN(CC)C(=O)C1CCCN(S(=O)(=O)c2cc(C(=O)NC3C4(C)CC[C@H](C4)C3(C)C)cc(C)c2C)C1. The van der Waals surface area contributed by atoms with Gasteiger partial charge in [0.15, 0.2) is 0 Å². The third kappa shape index (κ3) is 4.84. The first-order valence-electron chi connectivity index (χ1n) is 14.0. The van der Waals surface area contributed by atoms with Crippen LogP contribution in [-0.4, -0.2) is 61.7 Å². The van der Waals surface area contributed by atoms with E-state index < -0.39 is 10.0 Å². The van der Waals surface area contributed by atoms with Crippen LogP contribution in [0.3, 0.4) is 0 Å². The lowest BCUT2D eigenvalue weighted by atomic mass is 9.68. The molecule has 3 fully saturated rings. The molecule has 4 atom stereocenters. The number of amides is 2. The van der Waals surface area contributed by atoms with Gasteiger partial charge >= 0.3 is 0 Å². The maximum Gasteiger partial charge on any atom is 0.251 e. The van der Waals surface area contributed by atoms with E-state index in [1.165, 1.54) is 10.7 Å². The van der Waals surface area contributed by atoms with Crippen LogP contribution in [0.5, 0.6) is 0 Å². The van der Waals surface area contributed by atoms with Crippen molar-refractivity contribution in [3.8, 4) is 0 Å². The molecule has 3 unspecified atom stereocenters. The second-order valence-corrected chi connectivity index (χ2v) is 14.4. The fraction of sp³-hybridized carbons (Fsp3) is 0.724. The zero-order valence-electron chi connectivity index (χ0n) is 23.7. The van der Waals surface area contributed by atoms with E-state index in [2.05, 4.69) is 26.1 Å². The molecule has 2 saturated carbocycles. The van der Waals surface area contributed by atoms with E-state index in [-0.39, 0.29) is 46.0 Å². The van der Waals surface area contributed by atoms with Gasteiger partial charge in [-0.15, -0.1) is 0 Å². The fourth-order valence-corrected chi connectivity index (χ4v) is 9.25. The second-order valence-electron chi connectivity index (χ2n) is 12.5. The maximum atomic E-state index is 13.9. The van der Waals surface area contributed by atoms with Gasteiger partial charge in [-0.2, -0.15) is 4.31 Å². The molecule has 0 radical (unpaired) electrons. The number of sulfonamides is 1. The van der Waals surface area contributed by atoms with Crippen LogP contribution in [0.2, 0.25) is 0 Å². The zero-order chi connectivity index (χ0) is 27.3. The summed E-state index contributed by atoms with van der Waals surface area (Å²) in [5, 5.41) is 3.31. The molecule has 206 valence electrons. The van der Waals surface area contributed by atoms with Crippen molar-refractivity contribution in [2.24, 2.45) is 22.7 Å². The molecule has 0 aromatic heterocycles. The van der Waals surface area contributed by atoms with Gasteiger partial charge in [0.05, 0.1) is 10.8 Å². The number of hydrogen-bond acceptors (Lipinski definition) is 4. The first-order valence-corrected chi connectivity index (χ1v) is 15.4. The van der Waals surface area contributed by atoms with Gasteiger partial charge in [0.1, 0.15) is 0 Å². The molecule has 0 spiro atoms. The Balaban J connectivity index is 1.60. The highest BCUT2D eigenvalue weighted by molar-refractivity contribution is 7.89. The smallest absolute Gasteiger partial charge is 0.251 e. The number of nitrogens with one attached hydrogen (secondary N) is 1. The molecular formula is C29H45N3O4S. The molecule has 2 amide bonds. The summed E-state index contributed by atoms with van der Waals surface area (Å²) >= 11 is 0. The molecule has 1 heterocycles. The zero-order valence-corrected chi connectivity index (χ0v) is 24.5. The van der Waals surface area contributed by atoms with Crippen molar-refractivity contribution in [3.63, 3.8) is 0 Å². The highest BCUT2D eigenvalue weighted by atomic mass is 32.2. The molecular weight excluding hydrogens is 486 g/mol. The minimum absolute atomic E-state index is 0.0114. The fourth-order valence-electron chi connectivity index (χ4n) is 7.40. The van der Waals surface area contributed by atoms with Crippen LogP contribution in [0, 0.1) is 36.5 Å². The van der Waals surface area contributed by atoms with Gasteiger partial charge in [-0.3, -0.25) is 9.59 Å². The predicted molar refractivity (Wildman–Crippen MR) is 146 cm³/mol. The highest BCUT2D eigenvalue weighted by Gasteiger charge is 2.59. The van der Waals surface area contributed by atoms with E-state index in [4.69, 9.17) is 0 Å². The first-order chi connectivity index (χ1) is 17.3. The third-order valence-corrected chi connectivity index (χ3v) is 11.8. The minimum Gasteiger partial charge on any atom is -0.348 e. The van der Waals surface area contributed by atoms with E-state index in [1.54, 1.807) is 24.0 Å². The minimum atomic E-state index is -3.86. The summed E-state index contributed by atoms with van der Waals surface area (Å²) in [6.07, 6.45) is 4.78. The van der Waals surface area contributed by atoms with Crippen molar-refractivity contribution in [3.05, 3.63) is 28.8 Å². The first kappa shape index (κ1) is 28.1. The maximum absolute atomic E-state index is 13.9. The van der Waals surface area contributed by atoms with Crippen LogP contribution in [0.25, 0.3) is 0 Å². The number of rotatable bonds is 7. The average molecular weight is 532 g/mol. The summed E-state index contributed by atoms with van der Waals surface area (Å²) < 4.78 is 29.2. The predicted octanol–water partition coefficient (Wildman–Crippen LogP) is 4.52. The van der Waals surface area contributed by atoms with E-state index in [9.17, 15) is 18.0 Å². The van der Waals surface area contributed by atoms with Gasteiger partial charge in [0.2, 0.25) is 15.9 Å². The van der Waals surface area contributed by atoms with Crippen LogP contribution >= 0.6 is 0 Å². The number of aryl methyl sites for hydroxylation is 1. The number of hydrogen-bond donors (Lipinski definition) is 1. The Bertz CT molecular complexity index is 1170. The van der Waals surface area contributed by atoms with Crippen LogP contribution in [0.4, 0.5) is 0 Å². The summed E-state index contributed by atoms with van der Waals surface area (Å²) in [7, 11) is -3.86. The van der Waals surface area contributed by atoms with Crippen LogP contribution in [0.1, 0.15) is 88.2 Å². The molecule has 7 nitrogen and oxygen atoms in total. The Hall–Kier alpha value is -1.93. The summed E-state index contributed by atoms with van der Waals surface area (Å²) in [6.45, 7) is 16.1. The lowest BCUT2D eigenvalue weighted by Gasteiger charge is -2.43. The van der Waals surface area contributed by atoms with Crippen LogP contribution < -0.4 is 5.32 Å². The molecule has 4 rings (SSSR count). The van der Waals surface area contributed by atoms with Crippen molar-refractivity contribution >= 4 is 21.8 Å². The monoisotopic (exact) mass is 531 g/mol. The Labute approximate surface area is 223 Å². The molecule has 2 aliphatic carbocycles. The highest BCUT2D eigenvalue weighted by Crippen LogP contribution is 2.62. The number of carbonyl (C=O) groups is 2. The molecule has 1 aliphatic heterocycles. The van der Waals surface area contributed by atoms with Gasteiger partial charge in [-0.1, -0.05) is 20.8 Å². The molecule has 8 heteroatoms. The van der Waals surface area contributed by atoms with Gasteiger partial charge in [-0.05, 0) is 99.8 Å². The Morgan fingerprint density at radius 1 is 1.11 bits per heavy atom. The number of fused-ring (bicyclic) bond motifs is 2. The van der Waals surface area contributed by atoms with E-state index >= 15 is 0 Å². The average Bonchev–Trinajstić information content (AvgIpc) is 3.34. The van der Waals surface area contributed by atoms with Crippen molar-refractivity contribution in [1.29, 1.82) is 0 Å². The standard InChI is InChI=1S/C29H45N3O4S/c1-8-31(9-2)26(34)21-11-10-14-32(18-21)37(35,36)24-16-22(15-19(3)20(24)4)25(33)30-27-28(5,6)23-12-13-29(27,7)17-23/h15-16,21,23,27H,8-14,17-18H2,1-7H3,(H,30,33)/t21?,23-,27?,29?/m1/s1. The second kappa shape index (κ2) is 9.99. The van der Waals surface area contributed by atoms with Gasteiger partial charge in [0.25, 0.3) is 5.91 Å². The molecule has 1 saturated heterocycles. The lowest BCUT2D eigenvalue weighted by Crippen LogP contribution is -2.52. The number of carbonyl (C=O) groups excluding carboxylic acids is 2. The molecule has 37 heavy (non-hydrogen) atoms. The largest absolute Gasteiger partial charge is 0.348 e. The summed E-state index contributed by atoms with van der Waals surface area (Å²) in [6, 6.07) is 3.40. The summed E-state index contributed by atoms with van der Waals surface area (Å²) in [5.41, 5.74) is 1.91. The molecule has 1 N–H and O–H groups in total. The Morgan fingerprint density at radius 3 is 2.38 bits per heavy atom. The normalized spacial score (nSPS) is 29.3. The molecule has 1 aromatic rings. The van der Waals surface area contributed by atoms with Crippen molar-refractivity contribution in [2.75, 3.05) is 26.2 Å². The van der Waals surface area contributed by atoms with Gasteiger partial charge in [-0.25, -0.2) is 8.42 Å². The Kier molecular flexibility index (Phi) is 7.58. The van der Waals surface area contributed by atoms with E-state index in [0.717, 1.165) is 18.4 Å². The molecule has 1 aromatic carbocycles. The van der Waals surface area contributed by atoms with Crippen LogP contribution in [0.15, 0.2) is 17.0 Å². The van der Waals surface area contributed by atoms with Crippen LogP contribution in [-0.2, 0) is 14.8 Å². The summed E-state index contributed by atoms with van der Waals surface area (Å²) in [5.74, 6) is 0.0780. The van der Waals surface area contributed by atoms with Gasteiger partial charge < -0.3 is 10.2 Å². The quantitative estimate of drug-likeness (QED) is 0.561. The lowest BCUT2D eigenvalue weighted by molar-refractivity contribution is -0.136. The van der Waals surface area contributed by atoms with Crippen molar-refractivity contribution in [1.82, 2.24) is 14.5 Å². The molecule has 3 aliphatic rings. The Morgan fingerprint density at radius 2 is 1.78 bits per heavy atom. The summed E-state index contributed by atoms with van der Waals surface area (Å²) in [4.78, 5) is 28.5. The van der Waals surface area contributed by atoms with E-state index in [0.29, 0.717) is 49.5 Å². The number of piperidine rings is 1. The molecule has 2 bridgehead atoms.